The molecule has 138 valence electrons. The lowest BCUT2D eigenvalue weighted by atomic mass is 10.1. The van der Waals surface area contributed by atoms with Crippen LogP contribution in [0.15, 0.2) is 59.1 Å². The van der Waals surface area contributed by atoms with E-state index in [1.54, 1.807) is 54.7 Å². The zero-order chi connectivity index (χ0) is 19.1. The van der Waals surface area contributed by atoms with Gasteiger partial charge in [-0.2, -0.15) is 4.98 Å². The van der Waals surface area contributed by atoms with Gasteiger partial charge in [-0.15, -0.1) is 0 Å². The first-order valence-electron chi connectivity index (χ1n) is 8.40. The van der Waals surface area contributed by atoms with Crippen molar-refractivity contribution in [3.63, 3.8) is 0 Å². The minimum Gasteiger partial charge on any atom is -0.454 e. The maximum Gasteiger partial charge on any atom is 0.255 e. The van der Waals surface area contributed by atoms with Crippen LogP contribution in [0.3, 0.4) is 0 Å². The van der Waals surface area contributed by atoms with Gasteiger partial charge in [-0.05, 0) is 48.5 Å². The summed E-state index contributed by atoms with van der Waals surface area (Å²) >= 11 is 6.26. The Hall–Kier alpha value is -3.58. The summed E-state index contributed by atoms with van der Waals surface area (Å²) in [4.78, 5) is 21.2. The molecule has 5 rings (SSSR count). The average molecular weight is 394 g/mol. The predicted octanol–water partition coefficient (Wildman–Crippen LogP) is 4.52. The second-order valence-electron chi connectivity index (χ2n) is 6.06. The van der Waals surface area contributed by atoms with Crippen LogP contribution >= 0.6 is 11.6 Å². The number of carbonyl (C=O) groups is 1. The third kappa shape index (κ3) is 2.91. The summed E-state index contributed by atoms with van der Waals surface area (Å²) in [5.41, 5.74) is 2.63. The average Bonchev–Trinajstić information content (AvgIpc) is 3.35. The van der Waals surface area contributed by atoms with Crippen molar-refractivity contribution in [1.29, 1.82) is 0 Å². The van der Waals surface area contributed by atoms with Crippen LogP contribution in [0.25, 0.3) is 22.7 Å². The second-order valence-corrected chi connectivity index (χ2v) is 6.47. The standard InChI is InChI=1S/C20H12ClN3O4/c21-13-5-3-12(20-24-18-16(28-20)2-1-7-22-18)8-14(13)23-19(25)11-4-6-15-17(9-11)27-10-26-15/h1-9H,10H2,(H,23,25). The van der Waals surface area contributed by atoms with Crippen LogP contribution in [-0.2, 0) is 0 Å². The molecule has 1 aliphatic rings. The van der Waals surface area contributed by atoms with Crippen molar-refractivity contribution in [2.45, 2.75) is 0 Å². The number of fused-ring (bicyclic) bond motifs is 2. The van der Waals surface area contributed by atoms with Gasteiger partial charge in [-0.1, -0.05) is 11.6 Å². The Bertz CT molecular complexity index is 1190. The molecule has 0 atom stereocenters. The highest BCUT2D eigenvalue weighted by molar-refractivity contribution is 6.34. The zero-order valence-electron chi connectivity index (χ0n) is 14.3. The number of hydrogen-bond acceptors (Lipinski definition) is 6. The topological polar surface area (TPSA) is 86.5 Å². The number of anilines is 1. The normalized spacial score (nSPS) is 12.3. The number of benzene rings is 2. The Balaban J connectivity index is 1.45. The molecule has 0 bridgehead atoms. The molecule has 2 aromatic carbocycles. The number of halogens is 1. The Morgan fingerprint density at radius 2 is 1.96 bits per heavy atom. The lowest BCUT2D eigenvalue weighted by molar-refractivity contribution is 0.102. The molecule has 1 N–H and O–H groups in total. The highest BCUT2D eigenvalue weighted by Gasteiger charge is 2.18. The van der Waals surface area contributed by atoms with Crippen molar-refractivity contribution >= 4 is 34.4 Å². The van der Waals surface area contributed by atoms with Crippen LogP contribution in [0.5, 0.6) is 11.5 Å². The fourth-order valence-corrected chi connectivity index (χ4v) is 3.04. The second kappa shape index (κ2) is 6.54. The smallest absolute Gasteiger partial charge is 0.255 e. The summed E-state index contributed by atoms with van der Waals surface area (Å²) in [6, 6.07) is 13.7. The molecule has 0 unspecified atom stereocenters. The largest absolute Gasteiger partial charge is 0.454 e. The molecule has 3 heterocycles. The Kier molecular flexibility index (Phi) is 3.87. The third-order valence-corrected chi connectivity index (χ3v) is 4.59. The van der Waals surface area contributed by atoms with Crippen molar-refractivity contribution in [3.8, 4) is 23.0 Å². The number of ether oxygens (including phenoxy) is 2. The molecule has 1 amide bonds. The highest BCUT2D eigenvalue weighted by Crippen LogP contribution is 2.34. The zero-order valence-corrected chi connectivity index (χ0v) is 15.1. The Labute approximate surface area is 163 Å². The van der Waals surface area contributed by atoms with Gasteiger partial charge in [-0.3, -0.25) is 4.79 Å². The number of aromatic nitrogens is 2. The van der Waals surface area contributed by atoms with Gasteiger partial charge in [0.25, 0.3) is 5.91 Å². The number of nitrogens with one attached hydrogen (secondary N) is 1. The quantitative estimate of drug-likeness (QED) is 0.550. The van der Waals surface area contributed by atoms with Gasteiger partial charge in [0, 0.05) is 17.3 Å². The van der Waals surface area contributed by atoms with Gasteiger partial charge in [0.1, 0.15) is 0 Å². The molecule has 0 spiro atoms. The third-order valence-electron chi connectivity index (χ3n) is 4.26. The minimum absolute atomic E-state index is 0.146. The molecule has 28 heavy (non-hydrogen) atoms. The van der Waals surface area contributed by atoms with E-state index in [2.05, 4.69) is 15.3 Å². The molecular formula is C20H12ClN3O4. The van der Waals surface area contributed by atoms with Crippen molar-refractivity contribution < 1.29 is 18.7 Å². The highest BCUT2D eigenvalue weighted by atomic mass is 35.5. The number of pyridine rings is 1. The van der Waals surface area contributed by atoms with E-state index >= 15 is 0 Å². The van der Waals surface area contributed by atoms with Gasteiger partial charge < -0.3 is 19.2 Å². The monoisotopic (exact) mass is 393 g/mol. The van der Waals surface area contributed by atoms with Crippen LogP contribution in [0, 0.1) is 0 Å². The molecule has 0 aliphatic carbocycles. The first-order valence-corrected chi connectivity index (χ1v) is 8.78. The van der Waals surface area contributed by atoms with Crippen LogP contribution < -0.4 is 14.8 Å². The maximum atomic E-state index is 12.6. The van der Waals surface area contributed by atoms with Gasteiger partial charge in [0.2, 0.25) is 12.7 Å². The molecule has 0 saturated heterocycles. The van der Waals surface area contributed by atoms with E-state index in [-0.39, 0.29) is 12.7 Å². The van der Waals surface area contributed by atoms with E-state index in [0.29, 0.717) is 50.5 Å². The number of nitrogens with zero attached hydrogens (tertiary/aromatic N) is 2. The van der Waals surface area contributed by atoms with Gasteiger partial charge in [0.15, 0.2) is 22.7 Å². The van der Waals surface area contributed by atoms with Crippen molar-refractivity contribution in [3.05, 3.63) is 65.3 Å². The molecule has 0 saturated carbocycles. The maximum absolute atomic E-state index is 12.6. The van der Waals surface area contributed by atoms with E-state index in [9.17, 15) is 4.79 Å². The van der Waals surface area contributed by atoms with Gasteiger partial charge in [-0.25, -0.2) is 4.98 Å². The molecular weight excluding hydrogens is 382 g/mol. The van der Waals surface area contributed by atoms with Crippen molar-refractivity contribution in [2.24, 2.45) is 0 Å². The molecule has 2 aromatic heterocycles. The summed E-state index contributed by atoms with van der Waals surface area (Å²) in [6.45, 7) is 0.146. The van der Waals surface area contributed by atoms with Crippen molar-refractivity contribution in [2.75, 3.05) is 12.1 Å². The molecule has 1 aliphatic heterocycles. The van der Waals surface area contributed by atoms with E-state index in [1.165, 1.54) is 0 Å². The molecule has 8 heteroatoms. The SMILES string of the molecule is O=C(Nc1cc(-c2nc3ncccc3o2)ccc1Cl)c1ccc2c(c1)OCO2. The van der Waals surface area contributed by atoms with Crippen LogP contribution in [0.2, 0.25) is 5.02 Å². The summed E-state index contributed by atoms with van der Waals surface area (Å²) in [7, 11) is 0. The molecule has 7 nitrogen and oxygen atoms in total. The molecule has 0 fully saturated rings. The van der Waals surface area contributed by atoms with E-state index in [0.717, 1.165) is 0 Å². The number of rotatable bonds is 3. The fraction of sp³-hybridized carbons (Fsp3) is 0.0500. The summed E-state index contributed by atoms with van der Waals surface area (Å²) < 4.78 is 16.3. The van der Waals surface area contributed by atoms with E-state index in [4.69, 9.17) is 25.5 Å². The number of carbonyl (C=O) groups excluding carboxylic acids is 1. The van der Waals surface area contributed by atoms with Crippen LogP contribution in [-0.4, -0.2) is 22.7 Å². The fourth-order valence-electron chi connectivity index (χ4n) is 2.88. The number of amides is 1. The van der Waals surface area contributed by atoms with Crippen molar-refractivity contribution in [1.82, 2.24) is 9.97 Å². The first-order chi connectivity index (χ1) is 13.7. The van der Waals surface area contributed by atoms with E-state index in [1.807, 2.05) is 0 Å². The predicted molar refractivity (Wildman–Crippen MR) is 103 cm³/mol. The number of hydrogen-bond donors (Lipinski definition) is 1. The van der Waals surface area contributed by atoms with Crippen LogP contribution in [0.1, 0.15) is 10.4 Å². The lowest BCUT2D eigenvalue weighted by Crippen LogP contribution is -2.12. The minimum atomic E-state index is -0.323. The number of oxazole rings is 1. The van der Waals surface area contributed by atoms with E-state index < -0.39 is 0 Å². The van der Waals surface area contributed by atoms with Gasteiger partial charge >= 0.3 is 0 Å². The lowest BCUT2D eigenvalue weighted by Gasteiger charge is -2.09. The van der Waals surface area contributed by atoms with Gasteiger partial charge in [0.05, 0.1) is 10.7 Å². The Morgan fingerprint density at radius 3 is 2.86 bits per heavy atom. The molecule has 4 aromatic rings. The van der Waals surface area contributed by atoms with Crippen LogP contribution in [0.4, 0.5) is 5.69 Å². The summed E-state index contributed by atoms with van der Waals surface area (Å²) in [5.74, 6) is 1.22. The Morgan fingerprint density at radius 1 is 1.07 bits per heavy atom. The first kappa shape index (κ1) is 16.6. The summed E-state index contributed by atoms with van der Waals surface area (Å²) in [6.07, 6.45) is 1.65. The summed E-state index contributed by atoms with van der Waals surface area (Å²) in [5, 5.41) is 3.20. The molecule has 0 radical (unpaired) electrons.